The van der Waals surface area contributed by atoms with Crippen molar-refractivity contribution in [1.29, 1.82) is 0 Å². The second-order valence-corrected chi connectivity index (χ2v) is 2.86. The second kappa shape index (κ2) is 5.16. The molecule has 0 atom stereocenters. The van der Waals surface area contributed by atoms with E-state index in [1.807, 2.05) is 6.92 Å². The van der Waals surface area contributed by atoms with Gasteiger partial charge in [-0.15, -0.1) is 0 Å². The highest BCUT2D eigenvalue weighted by Crippen LogP contribution is 1.97. The molecule has 0 aromatic carbocycles. The Kier molecular flexibility index (Phi) is 3.84. The van der Waals surface area contributed by atoms with Gasteiger partial charge in [-0.05, 0) is 13.0 Å². The quantitative estimate of drug-likeness (QED) is 0.752. The predicted octanol–water partition coefficient (Wildman–Crippen LogP) is 0.367. The van der Waals surface area contributed by atoms with Gasteiger partial charge in [0.15, 0.2) is 0 Å². The molecule has 0 saturated carbocycles. The van der Waals surface area contributed by atoms with Crippen LogP contribution in [0.1, 0.15) is 6.92 Å². The second-order valence-electron chi connectivity index (χ2n) is 2.86. The molecule has 0 saturated heterocycles. The molecule has 0 bridgehead atoms. The van der Waals surface area contributed by atoms with E-state index in [-0.39, 0.29) is 12.5 Å². The first-order valence-electron chi connectivity index (χ1n) is 4.48. The molecule has 76 valence electrons. The van der Waals surface area contributed by atoms with Gasteiger partial charge >= 0.3 is 0 Å². The van der Waals surface area contributed by atoms with Gasteiger partial charge in [0.25, 0.3) is 0 Å². The van der Waals surface area contributed by atoms with Crippen molar-refractivity contribution in [3.8, 4) is 0 Å². The molecule has 5 heteroatoms. The summed E-state index contributed by atoms with van der Waals surface area (Å²) in [6, 6.07) is 1.72. The van der Waals surface area contributed by atoms with Crippen LogP contribution in [0.2, 0.25) is 0 Å². The van der Waals surface area contributed by atoms with E-state index < -0.39 is 0 Å². The number of anilines is 1. The number of carbonyl (C=O) groups excluding carboxylic acids is 1. The lowest BCUT2D eigenvalue weighted by Crippen LogP contribution is -2.32. The van der Waals surface area contributed by atoms with Crippen molar-refractivity contribution in [2.24, 2.45) is 0 Å². The normalized spacial score (nSPS) is 9.57. The molecule has 5 nitrogen and oxygen atoms in total. The van der Waals surface area contributed by atoms with Gasteiger partial charge in [-0.2, -0.15) is 0 Å². The van der Waals surface area contributed by atoms with E-state index in [0.29, 0.717) is 12.4 Å². The third-order valence-electron chi connectivity index (χ3n) is 1.90. The zero-order valence-corrected chi connectivity index (χ0v) is 8.40. The first-order chi connectivity index (χ1) is 6.74. The molecule has 1 aromatic heterocycles. The van der Waals surface area contributed by atoms with Crippen LogP contribution in [0.3, 0.4) is 0 Å². The molecule has 0 aliphatic carbocycles. The van der Waals surface area contributed by atoms with E-state index >= 15 is 0 Å². The fourth-order valence-corrected chi connectivity index (χ4v) is 0.873. The number of aromatic nitrogens is 2. The maximum Gasteiger partial charge on any atom is 0.241 e. The van der Waals surface area contributed by atoms with Crippen molar-refractivity contribution in [2.45, 2.75) is 6.92 Å². The van der Waals surface area contributed by atoms with Gasteiger partial charge in [-0.25, -0.2) is 9.97 Å². The maximum absolute atomic E-state index is 11.4. The number of nitrogens with one attached hydrogen (secondary N) is 1. The van der Waals surface area contributed by atoms with Gasteiger partial charge < -0.3 is 10.2 Å². The highest BCUT2D eigenvalue weighted by atomic mass is 16.2. The van der Waals surface area contributed by atoms with Crippen LogP contribution in [-0.4, -0.2) is 40.9 Å². The Morgan fingerprint density at radius 1 is 1.64 bits per heavy atom. The molecular formula is C9H14N4O. The Labute approximate surface area is 83.2 Å². The molecule has 1 rings (SSSR count). The monoisotopic (exact) mass is 194 g/mol. The minimum absolute atomic E-state index is 0.0473. The van der Waals surface area contributed by atoms with E-state index in [9.17, 15) is 4.79 Å². The molecule has 0 radical (unpaired) electrons. The Balaban J connectivity index is 2.38. The highest BCUT2D eigenvalue weighted by molar-refractivity contribution is 5.80. The van der Waals surface area contributed by atoms with Crippen molar-refractivity contribution in [1.82, 2.24) is 14.9 Å². The minimum atomic E-state index is 0.0473. The SMILES string of the molecule is CCN(C)C(=O)CNc1ccncn1. The van der Waals surface area contributed by atoms with Crippen LogP contribution in [0.15, 0.2) is 18.6 Å². The molecule has 0 aliphatic rings. The van der Waals surface area contributed by atoms with Crippen molar-refractivity contribution in [3.63, 3.8) is 0 Å². The molecular weight excluding hydrogens is 180 g/mol. The molecule has 14 heavy (non-hydrogen) atoms. The van der Waals surface area contributed by atoms with E-state index in [1.54, 1.807) is 24.2 Å². The third-order valence-corrected chi connectivity index (χ3v) is 1.90. The number of hydrogen-bond acceptors (Lipinski definition) is 4. The Morgan fingerprint density at radius 3 is 3.00 bits per heavy atom. The van der Waals surface area contributed by atoms with Gasteiger partial charge in [0.1, 0.15) is 12.1 Å². The third kappa shape index (κ3) is 3.01. The van der Waals surface area contributed by atoms with Crippen LogP contribution in [0.5, 0.6) is 0 Å². The first kappa shape index (κ1) is 10.4. The average Bonchev–Trinajstić information content (AvgIpc) is 2.26. The standard InChI is InChI=1S/C9H14N4O/c1-3-13(2)9(14)6-11-8-4-5-10-7-12-8/h4-5,7H,3,6H2,1-2H3,(H,10,11,12). The molecule has 1 aromatic rings. The summed E-state index contributed by atoms with van der Waals surface area (Å²) in [5.74, 6) is 0.712. The number of likely N-dealkylation sites (N-methyl/N-ethyl adjacent to an activating group) is 1. The van der Waals surface area contributed by atoms with Crippen molar-refractivity contribution >= 4 is 11.7 Å². The lowest BCUT2D eigenvalue weighted by molar-refractivity contribution is -0.127. The van der Waals surface area contributed by atoms with E-state index in [0.717, 1.165) is 0 Å². The van der Waals surface area contributed by atoms with E-state index in [4.69, 9.17) is 0 Å². The summed E-state index contributed by atoms with van der Waals surface area (Å²) in [4.78, 5) is 20.7. The molecule has 0 spiro atoms. The number of amides is 1. The average molecular weight is 194 g/mol. The lowest BCUT2D eigenvalue weighted by Gasteiger charge is -2.14. The molecule has 0 aliphatic heterocycles. The summed E-state index contributed by atoms with van der Waals surface area (Å²) in [5.41, 5.74) is 0. The van der Waals surface area contributed by atoms with Crippen LogP contribution in [0, 0.1) is 0 Å². The zero-order valence-electron chi connectivity index (χ0n) is 8.40. The number of nitrogens with zero attached hydrogens (tertiary/aromatic N) is 3. The topological polar surface area (TPSA) is 58.1 Å². The summed E-state index contributed by atoms with van der Waals surface area (Å²) >= 11 is 0. The van der Waals surface area contributed by atoms with Crippen LogP contribution in [0.4, 0.5) is 5.82 Å². The summed E-state index contributed by atoms with van der Waals surface area (Å²) in [6.45, 7) is 2.91. The van der Waals surface area contributed by atoms with Crippen LogP contribution in [0.25, 0.3) is 0 Å². The largest absolute Gasteiger partial charge is 0.361 e. The fourth-order valence-electron chi connectivity index (χ4n) is 0.873. The predicted molar refractivity (Wildman–Crippen MR) is 53.8 cm³/mol. The first-order valence-corrected chi connectivity index (χ1v) is 4.48. The van der Waals surface area contributed by atoms with Gasteiger partial charge in [-0.3, -0.25) is 4.79 Å². The van der Waals surface area contributed by atoms with Crippen LogP contribution in [-0.2, 0) is 4.79 Å². The van der Waals surface area contributed by atoms with Crippen molar-refractivity contribution in [3.05, 3.63) is 18.6 Å². The Morgan fingerprint density at radius 2 is 2.43 bits per heavy atom. The van der Waals surface area contributed by atoms with Gasteiger partial charge in [0, 0.05) is 19.8 Å². The summed E-state index contributed by atoms with van der Waals surface area (Å²) < 4.78 is 0. The lowest BCUT2D eigenvalue weighted by atomic mass is 10.5. The number of carbonyl (C=O) groups is 1. The molecule has 0 unspecified atom stereocenters. The Hall–Kier alpha value is -1.65. The smallest absolute Gasteiger partial charge is 0.241 e. The number of rotatable bonds is 4. The summed E-state index contributed by atoms with van der Waals surface area (Å²) in [7, 11) is 1.77. The Bertz CT molecular complexity index is 288. The van der Waals surface area contributed by atoms with E-state index in [2.05, 4.69) is 15.3 Å². The van der Waals surface area contributed by atoms with E-state index in [1.165, 1.54) is 6.33 Å². The molecule has 1 amide bonds. The number of hydrogen-bond donors (Lipinski definition) is 1. The van der Waals surface area contributed by atoms with Gasteiger partial charge in [0.05, 0.1) is 6.54 Å². The van der Waals surface area contributed by atoms with Crippen molar-refractivity contribution < 1.29 is 4.79 Å². The van der Waals surface area contributed by atoms with Crippen LogP contribution < -0.4 is 5.32 Å². The molecule has 1 heterocycles. The van der Waals surface area contributed by atoms with Crippen LogP contribution >= 0.6 is 0 Å². The highest BCUT2D eigenvalue weighted by Gasteiger charge is 2.05. The fraction of sp³-hybridized carbons (Fsp3) is 0.444. The molecule has 0 fully saturated rings. The summed E-state index contributed by atoms with van der Waals surface area (Å²) in [6.07, 6.45) is 3.07. The van der Waals surface area contributed by atoms with Gasteiger partial charge in [-0.1, -0.05) is 0 Å². The van der Waals surface area contributed by atoms with Crippen molar-refractivity contribution in [2.75, 3.05) is 25.5 Å². The maximum atomic E-state index is 11.4. The van der Waals surface area contributed by atoms with Gasteiger partial charge in [0.2, 0.25) is 5.91 Å². The summed E-state index contributed by atoms with van der Waals surface area (Å²) in [5, 5.41) is 2.92. The minimum Gasteiger partial charge on any atom is -0.361 e. The molecule has 1 N–H and O–H groups in total. The zero-order chi connectivity index (χ0) is 10.4.